The van der Waals surface area contributed by atoms with Crippen LogP contribution in [0.25, 0.3) is 0 Å². The summed E-state index contributed by atoms with van der Waals surface area (Å²) in [5.41, 5.74) is 2.47. The Morgan fingerprint density at radius 1 is 1.27 bits per heavy atom. The lowest BCUT2D eigenvalue weighted by atomic mass is 9.88. The number of piperazine rings is 1. The minimum atomic E-state index is -0.503. The average Bonchev–Trinajstić information content (AvgIpc) is 3.07. The number of carbonyl (C=O) groups is 1. The Morgan fingerprint density at radius 2 is 1.97 bits per heavy atom. The number of nitrogens with zero attached hydrogens (tertiary/aromatic N) is 4. The van der Waals surface area contributed by atoms with Crippen molar-refractivity contribution in [2.45, 2.75) is 44.9 Å². The van der Waals surface area contributed by atoms with Crippen molar-refractivity contribution in [1.82, 2.24) is 15.2 Å². The Morgan fingerprint density at radius 3 is 2.64 bits per heavy atom. The maximum atomic E-state index is 13.6. The van der Waals surface area contributed by atoms with Crippen LogP contribution >= 0.6 is 12.4 Å². The second-order valence-corrected chi connectivity index (χ2v) is 9.86. The molecule has 2 aliphatic heterocycles. The van der Waals surface area contributed by atoms with Crippen LogP contribution in [0.2, 0.25) is 0 Å². The topological polar surface area (TPSA) is 60.9 Å². The number of hydrogen-bond acceptors (Lipinski definition) is 6. The summed E-state index contributed by atoms with van der Waals surface area (Å²) in [5, 5.41) is 3.46. The fourth-order valence-corrected chi connectivity index (χ4v) is 4.68. The van der Waals surface area contributed by atoms with Gasteiger partial charge in [-0.15, -0.1) is 12.4 Å². The molecule has 0 saturated carbocycles. The second kappa shape index (κ2) is 9.58. The molecule has 3 heterocycles. The lowest BCUT2D eigenvalue weighted by Crippen LogP contribution is -2.65. The van der Waals surface area contributed by atoms with Crippen LogP contribution in [-0.2, 0) is 14.9 Å². The van der Waals surface area contributed by atoms with Crippen LogP contribution in [0.4, 0.5) is 17.2 Å². The standard InChI is InChI=1S/C25H35N5O2.ClH/c1-18-14-29(25(4,32-6)16-27-18)15-23(31)30-17-24(2,3)20-13-26-22(12-21(20)30)28(5)19-10-8-7-9-11-19;/h7-13,18,27H,14-17H2,1-6H3;1H/t18-,25-;/m1./s1. The van der Waals surface area contributed by atoms with Crippen molar-refractivity contribution >= 4 is 35.5 Å². The Kier molecular flexibility index (Phi) is 7.39. The van der Waals surface area contributed by atoms with E-state index in [0.717, 1.165) is 29.3 Å². The molecule has 2 aliphatic rings. The largest absolute Gasteiger partial charge is 0.363 e. The zero-order chi connectivity index (χ0) is 23.1. The number of aromatic nitrogens is 1. The number of benzene rings is 1. The van der Waals surface area contributed by atoms with Crippen molar-refractivity contribution in [2.75, 3.05) is 50.1 Å². The van der Waals surface area contributed by atoms with E-state index in [4.69, 9.17) is 9.72 Å². The van der Waals surface area contributed by atoms with Gasteiger partial charge in [0, 0.05) is 68.8 Å². The molecule has 180 valence electrons. The van der Waals surface area contributed by atoms with Gasteiger partial charge in [0.15, 0.2) is 0 Å². The van der Waals surface area contributed by atoms with Gasteiger partial charge in [-0.1, -0.05) is 32.0 Å². The predicted molar refractivity (Wildman–Crippen MR) is 136 cm³/mol. The molecule has 1 amide bonds. The van der Waals surface area contributed by atoms with Crippen molar-refractivity contribution in [1.29, 1.82) is 0 Å². The molecule has 0 radical (unpaired) electrons. The van der Waals surface area contributed by atoms with E-state index in [1.807, 2.05) is 54.2 Å². The molecule has 2 aromatic rings. The number of rotatable bonds is 5. The summed E-state index contributed by atoms with van der Waals surface area (Å²) in [7, 11) is 3.71. The highest BCUT2D eigenvalue weighted by Crippen LogP contribution is 2.42. The zero-order valence-electron chi connectivity index (χ0n) is 20.5. The highest BCUT2D eigenvalue weighted by atomic mass is 35.5. The Balaban J connectivity index is 0.00000306. The van der Waals surface area contributed by atoms with Gasteiger partial charge in [-0.25, -0.2) is 4.98 Å². The van der Waals surface area contributed by atoms with Gasteiger partial charge >= 0.3 is 0 Å². The van der Waals surface area contributed by atoms with Crippen molar-refractivity contribution in [2.24, 2.45) is 0 Å². The molecule has 8 heteroatoms. The first kappa shape index (κ1) is 25.4. The van der Waals surface area contributed by atoms with Crippen LogP contribution in [0.15, 0.2) is 42.6 Å². The molecule has 1 aromatic carbocycles. The van der Waals surface area contributed by atoms with Gasteiger partial charge in [0.1, 0.15) is 11.5 Å². The predicted octanol–water partition coefficient (Wildman–Crippen LogP) is 3.55. The van der Waals surface area contributed by atoms with Crippen molar-refractivity contribution in [3.8, 4) is 0 Å². The number of methoxy groups -OCH3 is 1. The summed E-state index contributed by atoms with van der Waals surface area (Å²) in [6.45, 7) is 10.9. The number of amides is 1. The number of nitrogens with one attached hydrogen (secondary N) is 1. The monoisotopic (exact) mass is 473 g/mol. The Hall–Kier alpha value is -2.19. The molecule has 0 unspecified atom stereocenters. The maximum Gasteiger partial charge on any atom is 0.241 e. The number of halogens is 1. The summed E-state index contributed by atoms with van der Waals surface area (Å²) in [5.74, 6) is 0.914. The van der Waals surface area contributed by atoms with Crippen LogP contribution in [0.5, 0.6) is 0 Å². The molecule has 7 nitrogen and oxygen atoms in total. The first-order chi connectivity index (χ1) is 15.1. The molecule has 1 fully saturated rings. The fourth-order valence-electron chi connectivity index (χ4n) is 4.68. The van der Waals surface area contributed by atoms with Gasteiger partial charge in [0.05, 0.1) is 12.2 Å². The normalized spacial score (nSPS) is 24.2. The second-order valence-electron chi connectivity index (χ2n) is 9.86. The quantitative estimate of drug-likeness (QED) is 0.716. The maximum absolute atomic E-state index is 13.6. The van der Waals surface area contributed by atoms with Gasteiger partial charge < -0.3 is 19.9 Å². The minimum absolute atomic E-state index is 0. The number of fused-ring (bicyclic) bond motifs is 1. The van der Waals surface area contributed by atoms with Crippen LogP contribution < -0.4 is 15.1 Å². The molecule has 1 N–H and O–H groups in total. The highest BCUT2D eigenvalue weighted by molar-refractivity contribution is 5.98. The molecule has 0 spiro atoms. The molecular weight excluding hydrogens is 438 g/mol. The Labute approximate surface area is 203 Å². The van der Waals surface area contributed by atoms with E-state index in [1.165, 1.54) is 0 Å². The molecule has 0 bridgehead atoms. The van der Waals surface area contributed by atoms with Crippen LogP contribution in [0.3, 0.4) is 0 Å². The number of anilines is 3. The SMILES string of the molecule is CO[C@]1(C)CN[C@H](C)CN1CC(=O)N1CC(C)(C)c2cnc(N(C)c3ccccc3)cc21.Cl. The summed E-state index contributed by atoms with van der Waals surface area (Å²) in [6.07, 6.45) is 1.93. The first-order valence-electron chi connectivity index (χ1n) is 11.3. The van der Waals surface area contributed by atoms with Crippen molar-refractivity contribution < 1.29 is 9.53 Å². The number of hydrogen-bond donors (Lipinski definition) is 1. The van der Waals surface area contributed by atoms with Crippen molar-refractivity contribution in [3.63, 3.8) is 0 Å². The molecule has 4 rings (SSSR count). The molecular formula is C25H36ClN5O2. The van der Waals surface area contributed by atoms with Gasteiger partial charge in [0.25, 0.3) is 0 Å². The number of carbonyl (C=O) groups excluding carboxylic acids is 1. The van der Waals surface area contributed by atoms with Crippen LogP contribution in [0.1, 0.15) is 33.3 Å². The van der Waals surface area contributed by atoms with E-state index >= 15 is 0 Å². The van der Waals surface area contributed by atoms with Gasteiger partial charge in [0.2, 0.25) is 5.91 Å². The molecule has 1 aromatic heterocycles. The number of ether oxygens (including phenoxy) is 1. The molecule has 1 saturated heterocycles. The first-order valence-corrected chi connectivity index (χ1v) is 11.3. The molecule has 0 aliphatic carbocycles. The molecule has 33 heavy (non-hydrogen) atoms. The number of pyridine rings is 1. The van der Waals surface area contributed by atoms with E-state index in [2.05, 4.69) is 43.1 Å². The third kappa shape index (κ3) is 4.87. The summed E-state index contributed by atoms with van der Waals surface area (Å²) >= 11 is 0. The third-order valence-electron chi connectivity index (χ3n) is 6.94. The highest BCUT2D eigenvalue weighted by Gasteiger charge is 2.42. The summed E-state index contributed by atoms with van der Waals surface area (Å²) in [4.78, 5) is 24.5. The smallest absolute Gasteiger partial charge is 0.241 e. The van der Waals surface area contributed by atoms with Crippen LogP contribution in [0, 0.1) is 0 Å². The lowest BCUT2D eigenvalue weighted by Gasteiger charge is -2.46. The Bertz CT molecular complexity index is 986. The third-order valence-corrected chi connectivity index (χ3v) is 6.94. The van der Waals surface area contributed by atoms with E-state index in [9.17, 15) is 4.79 Å². The van der Waals surface area contributed by atoms with E-state index in [-0.39, 0.29) is 23.7 Å². The van der Waals surface area contributed by atoms with Crippen LogP contribution in [-0.4, -0.2) is 67.9 Å². The minimum Gasteiger partial charge on any atom is -0.363 e. The lowest BCUT2D eigenvalue weighted by molar-refractivity contribution is -0.150. The average molecular weight is 474 g/mol. The van der Waals surface area contributed by atoms with E-state index < -0.39 is 5.72 Å². The molecule has 2 atom stereocenters. The number of para-hydroxylation sites is 1. The van der Waals surface area contributed by atoms with Gasteiger partial charge in [-0.05, 0) is 26.0 Å². The van der Waals surface area contributed by atoms with Gasteiger partial charge in [-0.2, -0.15) is 0 Å². The van der Waals surface area contributed by atoms with E-state index in [1.54, 1.807) is 7.11 Å². The van der Waals surface area contributed by atoms with E-state index in [0.29, 0.717) is 25.7 Å². The summed E-state index contributed by atoms with van der Waals surface area (Å²) < 4.78 is 5.79. The zero-order valence-corrected chi connectivity index (χ0v) is 21.3. The summed E-state index contributed by atoms with van der Waals surface area (Å²) in [6, 6.07) is 12.5. The van der Waals surface area contributed by atoms with Crippen molar-refractivity contribution in [3.05, 3.63) is 48.2 Å². The van der Waals surface area contributed by atoms with Gasteiger partial charge in [-0.3, -0.25) is 9.69 Å². The fraction of sp³-hybridized carbons (Fsp3) is 0.520.